The number of aliphatic hydroxyl groups excluding tert-OH is 2. The molecule has 0 aromatic heterocycles. The van der Waals surface area contributed by atoms with Gasteiger partial charge in [0.1, 0.15) is 0 Å². The van der Waals surface area contributed by atoms with Gasteiger partial charge in [0.25, 0.3) is 0 Å². The van der Waals surface area contributed by atoms with Crippen molar-refractivity contribution in [2.75, 3.05) is 6.61 Å². The van der Waals surface area contributed by atoms with Gasteiger partial charge in [-0.2, -0.15) is 0 Å². The molecule has 0 aliphatic rings. The van der Waals surface area contributed by atoms with E-state index in [2.05, 4.69) is 86.0 Å². The van der Waals surface area contributed by atoms with E-state index in [9.17, 15) is 15.0 Å². The first-order chi connectivity index (χ1) is 25.2. The summed E-state index contributed by atoms with van der Waals surface area (Å²) in [5.74, 6) is -0.149. The van der Waals surface area contributed by atoms with Crippen LogP contribution >= 0.6 is 0 Å². The number of amides is 1. The summed E-state index contributed by atoms with van der Waals surface area (Å²) in [4.78, 5) is 12.3. The molecule has 51 heavy (non-hydrogen) atoms. The Balaban J connectivity index is 3.73. The number of nitrogens with one attached hydrogen (secondary N) is 1. The lowest BCUT2D eigenvalue weighted by Crippen LogP contribution is -2.45. The predicted molar refractivity (Wildman–Crippen MR) is 225 cm³/mol. The highest BCUT2D eigenvalue weighted by atomic mass is 16.3. The van der Waals surface area contributed by atoms with Crippen LogP contribution in [0.3, 0.4) is 0 Å². The van der Waals surface area contributed by atoms with Gasteiger partial charge >= 0.3 is 0 Å². The minimum Gasteiger partial charge on any atom is -0.394 e. The average molecular weight is 708 g/mol. The number of allylic oxidation sites excluding steroid dienone is 13. The van der Waals surface area contributed by atoms with Crippen LogP contribution in [0.25, 0.3) is 0 Å². The number of carbonyl (C=O) groups excluding carboxylic acids is 1. The standard InChI is InChI=1S/C47H81NO3/c1-3-5-7-9-11-13-15-17-19-21-23-25-26-28-30-32-34-36-38-40-42-46(50)45(44-49)48-47(51)43-41-39-37-35-33-31-29-27-24-22-20-18-16-14-12-10-8-6-4-2/h6,8,12,14,18,20,24,27,31,33,37,39-40,42,45-46,49-50H,3-5,7,9-11,13,15-17,19,21-23,25-26,28-30,32,34-36,38,41,43-44H2,1-2H3,(H,48,51)/b8-6-,14-12-,20-18-,27-24-,33-31-,39-37-,42-40+. The Morgan fingerprint density at radius 3 is 1.25 bits per heavy atom. The minimum absolute atomic E-state index is 0.149. The second-order valence-corrected chi connectivity index (χ2v) is 14.0. The SMILES string of the molecule is CC/C=C\C/C=C\C/C=C\C/C=C\C/C=C\C/C=C\CCC(=O)NC(CO)C(O)/C=C/CCCCCCCCCCCCCCCCCCCC. The van der Waals surface area contributed by atoms with Crippen molar-refractivity contribution in [3.63, 3.8) is 0 Å². The van der Waals surface area contributed by atoms with E-state index in [1.54, 1.807) is 6.08 Å². The fraction of sp³-hybridized carbons (Fsp3) is 0.681. The molecular formula is C47H81NO3. The third kappa shape index (κ3) is 38.6. The van der Waals surface area contributed by atoms with Gasteiger partial charge in [0.05, 0.1) is 18.8 Å². The van der Waals surface area contributed by atoms with Gasteiger partial charge in [0.2, 0.25) is 5.91 Å². The van der Waals surface area contributed by atoms with Crippen LogP contribution in [-0.4, -0.2) is 34.9 Å². The Kier molecular flexibility index (Phi) is 40.0. The molecule has 0 aliphatic carbocycles. The van der Waals surface area contributed by atoms with Crippen molar-refractivity contribution in [1.82, 2.24) is 5.32 Å². The summed E-state index contributed by atoms with van der Waals surface area (Å²) in [6.45, 7) is 4.16. The summed E-state index contributed by atoms with van der Waals surface area (Å²) in [7, 11) is 0. The van der Waals surface area contributed by atoms with Crippen molar-refractivity contribution < 1.29 is 15.0 Å². The Morgan fingerprint density at radius 1 is 0.490 bits per heavy atom. The molecule has 0 spiro atoms. The van der Waals surface area contributed by atoms with Crippen LogP contribution in [0.5, 0.6) is 0 Å². The van der Waals surface area contributed by atoms with Crippen LogP contribution < -0.4 is 5.32 Å². The molecule has 0 saturated carbocycles. The fourth-order valence-electron chi connectivity index (χ4n) is 5.91. The molecule has 2 atom stereocenters. The van der Waals surface area contributed by atoms with Gasteiger partial charge in [-0.15, -0.1) is 0 Å². The molecule has 1 amide bonds. The van der Waals surface area contributed by atoms with Gasteiger partial charge < -0.3 is 15.5 Å². The highest BCUT2D eigenvalue weighted by molar-refractivity contribution is 5.76. The fourth-order valence-corrected chi connectivity index (χ4v) is 5.91. The van der Waals surface area contributed by atoms with Gasteiger partial charge in [-0.1, -0.05) is 208 Å². The van der Waals surface area contributed by atoms with E-state index in [1.165, 1.54) is 109 Å². The number of hydrogen-bond donors (Lipinski definition) is 3. The molecule has 0 aromatic carbocycles. The molecule has 292 valence electrons. The van der Waals surface area contributed by atoms with Crippen molar-refractivity contribution in [3.8, 4) is 0 Å². The summed E-state index contributed by atoms with van der Waals surface area (Å²) < 4.78 is 0. The van der Waals surface area contributed by atoms with Crippen LogP contribution in [0.2, 0.25) is 0 Å². The van der Waals surface area contributed by atoms with E-state index in [1.807, 2.05) is 12.2 Å². The molecule has 4 heteroatoms. The van der Waals surface area contributed by atoms with Crippen LogP contribution in [-0.2, 0) is 4.79 Å². The summed E-state index contributed by atoms with van der Waals surface area (Å²) >= 11 is 0. The van der Waals surface area contributed by atoms with Crippen LogP contribution in [0, 0.1) is 0 Å². The first kappa shape index (κ1) is 48.6. The van der Waals surface area contributed by atoms with Crippen molar-refractivity contribution in [2.45, 2.75) is 199 Å². The highest BCUT2D eigenvalue weighted by Crippen LogP contribution is 2.15. The number of carbonyl (C=O) groups is 1. The molecule has 3 N–H and O–H groups in total. The number of rotatable bonds is 37. The summed E-state index contributed by atoms with van der Waals surface area (Å²) in [5.41, 5.74) is 0. The zero-order valence-electron chi connectivity index (χ0n) is 33.3. The smallest absolute Gasteiger partial charge is 0.220 e. The van der Waals surface area contributed by atoms with Crippen LogP contribution in [0.1, 0.15) is 187 Å². The highest BCUT2D eigenvalue weighted by Gasteiger charge is 2.17. The molecule has 0 bridgehead atoms. The van der Waals surface area contributed by atoms with E-state index >= 15 is 0 Å². The normalized spacial score (nSPS) is 13.9. The van der Waals surface area contributed by atoms with Gasteiger partial charge in [0.15, 0.2) is 0 Å². The lowest BCUT2D eigenvalue weighted by Gasteiger charge is -2.19. The van der Waals surface area contributed by atoms with Gasteiger partial charge in [-0.3, -0.25) is 4.79 Å². The number of unbranched alkanes of at least 4 members (excludes halogenated alkanes) is 18. The largest absolute Gasteiger partial charge is 0.394 e. The van der Waals surface area contributed by atoms with E-state index in [0.717, 1.165) is 51.4 Å². The molecule has 0 aliphatic heterocycles. The summed E-state index contributed by atoms with van der Waals surface area (Å²) in [6, 6.07) is -0.667. The van der Waals surface area contributed by atoms with Gasteiger partial charge in [0, 0.05) is 6.42 Å². The molecule has 0 heterocycles. The first-order valence-electron chi connectivity index (χ1n) is 21.3. The molecule has 4 nitrogen and oxygen atoms in total. The number of aliphatic hydroxyl groups is 2. The van der Waals surface area contributed by atoms with E-state index in [0.29, 0.717) is 12.8 Å². The minimum atomic E-state index is -0.875. The number of hydrogen-bond acceptors (Lipinski definition) is 3. The van der Waals surface area contributed by atoms with E-state index in [-0.39, 0.29) is 12.5 Å². The third-order valence-corrected chi connectivity index (χ3v) is 9.15. The molecule has 0 rings (SSSR count). The molecule has 0 fully saturated rings. The van der Waals surface area contributed by atoms with Crippen LogP contribution in [0.4, 0.5) is 0 Å². The maximum Gasteiger partial charge on any atom is 0.220 e. The maximum atomic E-state index is 12.3. The Bertz CT molecular complexity index is 941. The summed E-state index contributed by atoms with van der Waals surface area (Å²) in [6.07, 6.45) is 61.2. The molecule has 0 radical (unpaired) electrons. The Hall–Kier alpha value is -2.43. The van der Waals surface area contributed by atoms with Crippen molar-refractivity contribution >= 4 is 5.91 Å². The van der Waals surface area contributed by atoms with Crippen molar-refractivity contribution in [1.29, 1.82) is 0 Å². The van der Waals surface area contributed by atoms with E-state index < -0.39 is 12.1 Å². The monoisotopic (exact) mass is 708 g/mol. The van der Waals surface area contributed by atoms with Gasteiger partial charge in [-0.05, 0) is 57.8 Å². The van der Waals surface area contributed by atoms with E-state index in [4.69, 9.17) is 0 Å². The first-order valence-corrected chi connectivity index (χ1v) is 21.3. The molecule has 0 aromatic rings. The third-order valence-electron chi connectivity index (χ3n) is 9.15. The summed E-state index contributed by atoms with van der Waals surface area (Å²) in [5, 5.41) is 22.9. The topological polar surface area (TPSA) is 69.6 Å². The zero-order chi connectivity index (χ0) is 37.1. The molecular weight excluding hydrogens is 627 g/mol. The Labute approximate surface area is 316 Å². The lowest BCUT2D eigenvalue weighted by atomic mass is 10.0. The van der Waals surface area contributed by atoms with Gasteiger partial charge in [-0.25, -0.2) is 0 Å². The van der Waals surface area contributed by atoms with Crippen molar-refractivity contribution in [3.05, 3.63) is 85.1 Å². The molecule has 2 unspecified atom stereocenters. The maximum absolute atomic E-state index is 12.3. The average Bonchev–Trinajstić information content (AvgIpc) is 3.13. The zero-order valence-corrected chi connectivity index (χ0v) is 33.3. The second-order valence-electron chi connectivity index (χ2n) is 14.0. The lowest BCUT2D eigenvalue weighted by molar-refractivity contribution is -0.122. The quantitative estimate of drug-likeness (QED) is 0.0445. The second kappa shape index (κ2) is 42.0. The molecule has 0 saturated heterocycles. The Morgan fingerprint density at radius 2 is 0.863 bits per heavy atom. The van der Waals surface area contributed by atoms with Crippen LogP contribution in [0.15, 0.2) is 85.1 Å². The van der Waals surface area contributed by atoms with Crippen molar-refractivity contribution in [2.24, 2.45) is 0 Å². The predicted octanol–water partition coefficient (Wildman–Crippen LogP) is 13.3.